The van der Waals surface area contributed by atoms with Crippen LogP contribution in [0.4, 0.5) is 26.2 Å². The molecule has 0 spiro atoms. The molecule has 4 N–H and O–H groups in total. The summed E-state index contributed by atoms with van der Waals surface area (Å²) in [7, 11) is 0. The van der Waals surface area contributed by atoms with E-state index in [1.54, 1.807) is 41.3 Å². The molecule has 2 aromatic carbocycles. The third kappa shape index (κ3) is 7.95. The van der Waals surface area contributed by atoms with Crippen LogP contribution in [0.2, 0.25) is 0 Å². The molecule has 4 amide bonds. The Morgan fingerprint density at radius 2 is 1.74 bits per heavy atom. The molecule has 4 rings (SSSR count). The monoisotopic (exact) mass is 582 g/mol. The van der Waals surface area contributed by atoms with Crippen LogP contribution in [0.3, 0.4) is 0 Å². The largest absolute Gasteiger partial charge is 0.442 e. The normalized spacial score (nSPS) is 16.7. The van der Waals surface area contributed by atoms with Crippen LogP contribution in [0.5, 0.6) is 0 Å². The number of hydrogen-bond donors (Lipinski definition) is 3. The fourth-order valence-corrected chi connectivity index (χ4v) is 4.88. The highest BCUT2D eigenvalue weighted by Crippen LogP contribution is 2.28. The van der Waals surface area contributed by atoms with Crippen LogP contribution < -0.4 is 26.2 Å². The molecule has 0 radical (unpaired) electrons. The first-order chi connectivity index (χ1) is 20.1. The lowest BCUT2D eigenvalue weighted by Crippen LogP contribution is -2.49. The maximum atomic E-state index is 15.1. The average Bonchev–Trinajstić information content (AvgIpc) is 3.35. The second-order valence-electron chi connectivity index (χ2n) is 10.2. The molecular formula is C29H35FN6O6. The van der Waals surface area contributed by atoms with Gasteiger partial charge in [0.2, 0.25) is 17.7 Å². The minimum atomic E-state index is -0.599. The molecule has 0 saturated carbocycles. The summed E-state index contributed by atoms with van der Waals surface area (Å²) in [5, 5.41) is 5.46. The van der Waals surface area contributed by atoms with Crippen molar-refractivity contribution >= 4 is 46.7 Å². The Kier molecular flexibility index (Phi) is 9.94. The van der Waals surface area contributed by atoms with Crippen molar-refractivity contribution < 1.29 is 33.1 Å². The number of primary amides is 1. The van der Waals surface area contributed by atoms with Crippen molar-refractivity contribution in [3.8, 4) is 0 Å². The van der Waals surface area contributed by atoms with E-state index in [0.29, 0.717) is 55.2 Å². The van der Waals surface area contributed by atoms with Crippen molar-refractivity contribution in [3.05, 3.63) is 53.8 Å². The number of piperazine rings is 1. The zero-order chi connectivity index (χ0) is 30.2. The van der Waals surface area contributed by atoms with Gasteiger partial charge in [0.05, 0.1) is 31.0 Å². The highest BCUT2D eigenvalue weighted by atomic mass is 19.1. The lowest BCUT2D eigenvalue weighted by molar-refractivity contribution is -0.131. The van der Waals surface area contributed by atoms with E-state index in [9.17, 15) is 24.0 Å². The van der Waals surface area contributed by atoms with Gasteiger partial charge in [-0.15, -0.1) is 0 Å². The topological polar surface area (TPSA) is 154 Å². The van der Waals surface area contributed by atoms with Crippen LogP contribution >= 0.6 is 0 Å². The summed E-state index contributed by atoms with van der Waals surface area (Å²) in [4.78, 5) is 64.4. The maximum Gasteiger partial charge on any atom is 0.414 e. The van der Waals surface area contributed by atoms with Gasteiger partial charge in [0.25, 0.3) is 0 Å². The molecule has 2 aromatic rings. The summed E-state index contributed by atoms with van der Waals surface area (Å²) in [5.74, 6) is -1.32. The summed E-state index contributed by atoms with van der Waals surface area (Å²) in [6.07, 6.45) is -0.228. The second-order valence-corrected chi connectivity index (χ2v) is 10.2. The minimum Gasteiger partial charge on any atom is -0.442 e. The van der Waals surface area contributed by atoms with Crippen LogP contribution in [0.1, 0.15) is 36.5 Å². The fourth-order valence-electron chi connectivity index (χ4n) is 4.88. The minimum absolute atomic E-state index is 0.00497. The number of amides is 4. The highest BCUT2D eigenvalue weighted by molar-refractivity contribution is 5.96. The van der Waals surface area contributed by atoms with Crippen LogP contribution in [-0.4, -0.2) is 86.4 Å². The molecule has 13 heteroatoms. The van der Waals surface area contributed by atoms with E-state index in [4.69, 9.17) is 10.5 Å². The van der Waals surface area contributed by atoms with E-state index in [2.05, 4.69) is 10.6 Å². The van der Waals surface area contributed by atoms with Crippen molar-refractivity contribution in [1.29, 1.82) is 0 Å². The molecule has 2 aliphatic heterocycles. The Labute approximate surface area is 242 Å². The molecule has 0 unspecified atom stereocenters. The molecule has 42 heavy (non-hydrogen) atoms. The van der Waals surface area contributed by atoms with Gasteiger partial charge < -0.3 is 30.9 Å². The van der Waals surface area contributed by atoms with Crippen LogP contribution in [0.15, 0.2) is 42.5 Å². The Hall–Kier alpha value is -4.68. The first kappa shape index (κ1) is 30.3. The quantitative estimate of drug-likeness (QED) is 0.321. The molecule has 2 saturated heterocycles. The van der Waals surface area contributed by atoms with E-state index in [0.717, 1.165) is 0 Å². The first-order valence-corrected chi connectivity index (χ1v) is 13.8. The summed E-state index contributed by atoms with van der Waals surface area (Å²) >= 11 is 0. The number of nitrogens with zero attached hydrogens (tertiary/aromatic N) is 3. The van der Waals surface area contributed by atoms with Gasteiger partial charge in [-0.3, -0.25) is 24.1 Å². The number of rotatable bonds is 12. The Morgan fingerprint density at radius 1 is 1.02 bits per heavy atom. The number of Topliss-reactive ketones (excluding diaryl/α,β-unsaturated/α-hetero) is 1. The third-order valence-electron chi connectivity index (χ3n) is 7.14. The number of carbonyl (C=O) groups is 5. The number of ketones is 1. The summed E-state index contributed by atoms with van der Waals surface area (Å²) in [5.41, 5.74) is 7.07. The van der Waals surface area contributed by atoms with Gasteiger partial charge in [-0.05, 0) is 48.9 Å². The zero-order valence-corrected chi connectivity index (χ0v) is 23.4. The lowest BCUT2D eigenvalue weighted by atomic mass is 10.0. The van der Waals surface area contributed by atoms with Crippen molar-refractivity contribution in [1.82, 2.24) is 10.2 Å². The molecule has 0 aliphatic carbocycles. The van der Waals surface area contributed by atoms with Gasteiger partial charge in [-0.2, -0.15) is 0 Å². The summed E-state index contributed by atoms with van der Waals surface area (Å²) < 4.78 is 20.3. The number of ether oxygens (including phenoxy) is 1. The van der Waals surface area contributed by atoms with E-state index >= 15 is 4.39 Å². The van der Waals surface area contributed by atoms with Crippen LogP contribution in [-0.2, 0) is 19.1 Å². The molecule has 224 valence electrons. The van der Waals surface area contributed by atoms with Crippen LogP contribution in [0, 0.1) is 5.82 Å². The Bertz CT molecular complexity index is 1330. The predicted molar refractivity (Wildman–Crippen MR) is 154 cm³/mol. The second kappa shape index (κ2) is 13.8. The molecule has 2 fully saturated rings. The Balaban J connectivity index is 1.21. The highest BCUT2D eigenvalue weighted by Gasteiger charge is 2.33. The molecule has 0 aromatic heterocycles. The van der Waals surface area contributed by atoms with Gasteiger partial charge in [0.1, 0.15) is 11.9 Å². The molecule has 0 bridgehead atoms. The summed E-state index contributed by atoms with van der Waals surface area (Å²) in [6, 6.07) is 11.3. The zero-order valence-electron chi connectivity index (χ0n) is 23.4. The van der Waals surface area contributed by atoms with Crippen molar-refractivity contribution in [2.24, 2.45) is 5.73 Å². The average molecular weight is 583 g/mol. The number of cyclic esters (lactones) is 1. The number of benzene rings is 2. The molecule has 1 atom stereocenters. The van der Waals surface area contributed by atoms with Gasteiger partial charge in [-0.1, -0.05) is 0 Å². The number of carbonyl (C=O) groups excluding carboxylic acids is 5. The number of nitrogens with two attached hydrogens (primary N) is 1. The van der Waals surface area contributed by atoms with Gasteiger partial charge in [0.15, 0.2) is 5.78 Å². The maximum absolute atomic E-state index is 15.1. The van der Waals surface area contributed by atoms with E-state index in [1.165, 1.54) is 17.9 Å². The standard InChI is InChI=1S/C29H35FN6O6/c1-19(37)32-16-23-18-36(29(41)42-23)22-9-10-25(24(30)15-22)34-11-13-35(14-12-34)28(40)4-2-3-26(38)20-5-7-21(8-6-20)33-17-27(31)39/h5-10,15,23,33H,2-4,11-14,16-18H2,1H3,(H2,31,39)(H,32,37)/t23-/m0/s1. The van der Waals surface area contributed by atoms with E-state index < -0.39 is 23.9 Å². The SMILES string of the molecule is CC(=O)NC[C@H]1CN(c2ccc(N3CCN(C(=O)CCCC(=O)c4ccc(NCC(N)=O)cc4)CC3)c(F)c2)C(=O)O1. The fraction of sp³-hybridized carbons (Fsp3) is 0.414. The lowest BCUT2D eigenvalue weighted by Gasteiger charge is -2.36. The van der Waals surface area contributed by atoms with Gasteiger partial charge in [0, 0.05) is 57.2 Å². The number of nitrogens with one attached hydrogen (secondary N) is 2. The Morgan fingerprint density at radius 3 is 2.38 bits per heavy atom. The number of hydrogen-bond acceptors (Lipinski definition) is 8. The third-order valence-corrected chi connectivity index (χ3v) is 7.14. The van der Waals surface area contributed by atoms with E-state index in [-0.39, 0.29) is 50.1 Å². The molecule has 12 nitrogen and oxygen atoms in total. The van der Waals surface area contributed by atoms with Crippen molar-refractivity contribution in [2.75, 3.05) is 60.9 Å². The molecule has 2 aliphatic rings. The van der Waals surface area contributed by atoms with Crippen molar-refractivity contribution in [3.63, 3.8) is 0 Å². The van der Waals surface area contributed by atoms with Gasteiger partial charge >= 0.3 is 6.09 Å². The molecule has 2 heterocycles. The van der Waals surface area contributed by atoms with Crippen molar-refractivity contribution in [2.45, 2.75) is 32.3 Å². The number of anilines is 3. The van der Waals surface area contributed by atoms with Gasteiger partial charge in [-0.25, -0.2) is 9.18 Å². The summed E-state index contributed by atoms with van der Waals surface area (Å²) in [6.45, 7) is 3.51. The predicted octanol–water partition coefficient (Wildman–Crippen LogP) is 1.89. The molecular weight excluding hydrogens is 547 g/mol. The van der Waals surface area contributed by atoms with E-state index in [1.807, 2.05) is 4.90 Å². The number of halogens is 1. The smallest absolute Gasteiger partial charge is 0.414 e. The first-order valence-electron chi connectivity index (χ1n) is 13.8. The van der Waals surface area contributed by atoms with Crippen LogP contribution in [0.25, 0.3) is 0 Å².